The molecule has 0 heterocycles. The van der Waals surface area contributed by atoms with Crippen LogP contribution in [0.5, 0.6) is 0 Å². The van der Waals surface area contributed by atoms with Crippen LogP contribution in [0.3, 0.4) is 0 Å². The lowest BCUT2D eigenvalue weighted by Crippen LogP contribution is -2.43. The van der Waals surface area contributed by atoms with Crippen molar-refractivity contribution in [2.24, 2.45) is 5.41 Å². The van der Waals surface area contributed by atoms with Gasteiger partial charge in [-0.25, -0.2) is 4.79 Å². The van der Waals surface area contributed by atoms with Gasteiger partial charge in [0.2, 0.25) is 0 Å². The third-order valence-corrected chi connectivity index (χ3v) is 3.98. The van der Waals surface area contributed by atoms with Crippen molar-refractivity contribution in [1.82, 2.24) is 5.32 Å². The fourth-order valence-corrected chi connectivity index (χ4v) is 2.31. The van der Waals surface area contributed by atoms with Gasteiger partial charge >= 0.3 is 6.03 Å². The zero-order chi connectivity index (χ0) is 13.9. The van der Waals surface area contributed by atoms with Crippen molar-refractivity contribution in [2.75, 3.05) is 5.32 Å². The Bertz CT molecular complexity index is 441. The molecule has 2 amide bonds. The number of anilines is 1. The summed E-state index contributed by atoms with van der Waals surface area (Å²) in [4.78, 5) is 11.9. The number of nitrogens with one attached hydrogen (secondary N) is 2. The maximum absolute atomic E-state index is 11.9. The molecule has 1 unspecified atom stereocenters. The summed E-state index contributed by atoms with van der Waals surface area (Å²) in [6.07, 6.45) is 0. The minimum atomic E-state index is -0.194. The Morgan fingerprint density at radius 3 is 2.39 bits per heavy atom. The van der Waals surface area contributed by atoms with Crippen molar-refractivity contribution < 1.29 is 4.79 Å². The molecule has 0 fully saturated rings. The Hall–Kier alpha value is -0.550. The minimum absolute atomic E-state index is 0.0360. The van der Waals surface area contributed by atoms with E-state index >= 15 is 0 Å². The second-order valence-corrected chi connectivity index (χ2v) is 7.08. The topological polar surface area (TPSA) is 41.1 Å². The van der Waals surface area contributed by atoms with E-state index in [0.717, 1.165) is 14.6 Å². The molecule has 0 aromatic heterocycles. The maximum Gasteiger partial charge on any atom is 0.319 e. The van der Waals surface area contributed by atoms with Gasteiger partial charge in [0, 0.05) is 15.0 Å². The molecule has 0 aliphatic carbocycles. The number of carbonyl (C=O) groups excluding carboxylic acids is 1. The molecule has 2 N–H and O–H groups in total. The molecule has 0 aliphatic heterocycles. The van der Waals surface area contributed by atoms with Gasteiger partial charge in [0.25, 0.3) is 0 Å². The Labute approximate surface area is 125 Å². The van der Waals surface area contributed by atoms with Crippen molar-refractivity contribution >= 4 is 43.6 Å². The smallest absolute Gasteiger partial charge is 0.319 e. The first-order valence-corrected chi connectivity index (χ1v) is 7.31. The molecule has 18 heavy (non-hydrogen) atoms. The number of carbonyl (C=O) groups is 1. The minimum Gasteiger partial charge on any atom is -0.335 e. The number of benzene rings is 1. The second kappa shape index (κ2) is 6.06. The molecule has 0 saturated heterocycles. The van der Waals surface area contributed by atoms with Crippen LogP contribution in [0.25, 0.3) is 0 Å². The van der Waals surface area contributed by atoms with E-state index in [9.17, 15) is 4.79 Å². The highest BCUT2D eigenvalue weighted by molar-refractivity contribution is 9.11. The zero-order valence-corrected chi connectivity index (χ0v) is 14.1. The largest absolute Gasteiger partial charge is 0.335 e. The lowest BCUT2D eigenvalue weighted by atomic mass is 9.88. The molecule has 0 radical (unpaired) electrons. The number of rotatable bonds is 2. The monoisotopic (exact) mass is 376 g/mol. The molecular weight excluding hydrogens is 360 g/mol. The predicted molar refractivity (Wildman–Crippen MR) is 82.9 cm³/mol. The van der Waals surface area contributed by atoms with Gasteiger partial charge in [-0.15, -0.1) is 0 Å². The van der Waals surface area contributed by atoms with E-state index in [0.29, 0.717) is 0 Å². The highest BCUT2D eigenvalue weighted by atomic mass is 79.9. The number of hydrogen-bond acceptors (Lipinski definition) is 1. The fourth-order valence-electron chi connectivity index (χ4n) is 1.16. The summed E-state index contributed by atoms with van der Waals surface area (Å²) in [7, 11) is 0. The summed E-state index contributed by atoms with van der Waals surface area (Å²) in [6, 6.07) is 5.51. The molecule has 0 spiro atoms. The van der Waals surface area contributed by atoms with Crippen LogP contribution in [0.15, 0.2) is 27.1 Å². The average Bonchev–Trinajstić information content (AvgIpc) is 2.20. The van der Waals surface area contributed by atoms with Gasteiger partial charge in [-0.1, -0.05) is 36.7 Å². The summed E-state index contributed by atoms with van der Waals surface area (Å²) >= 11 is 6.78. The van der Waals surface area contributed by atoms with Crippen LogP contribution < -0.4 is 10.6 Å². The highest BCUT2D eigenvalue weighted by Crippen LogP contribution is 2.26. The molecule has 0 bridgehead atoms. The Morgan fingerprint density at radius 1 is 1.28 bits per heavy atom. The van der Waals surface area contributed by atoms with Crippen molar-refractivity contribution in [3.8, 4) is 0 Å². The maximum atomic E-state index is 11.9. The zero-order valence-electron chi connectivity index (χ0n) is 11.0. The van der Waals surface area contributed by atoms with Crippen LogP contribution in [0.4, 0.5) is 10.5 Å². The van der Waals surface area contributed by atoms with Gasteiger partial charge in [-0.3, -0.25) is 0 Å². The summed E-state index contributed by atoms with van der Waals surface area (Å²) in [5, 5.41) is 5.75. The van der Waals surface area contributed by atoms with Gasteiger partial charge in [0.15, 0.2) is 0 Å². The molecular formula is C13H18Br2N2O. The van der Waals surface area contributed by atoms with Crippen LogP contribution in [0.2, 0.25) is 0 Å². The summed E-state index contributed by atoms with van der Waals surface area (Å²) in [6.45, 7) is 8.27. The Kier molecular flexibility index (Phi) is 5.22. The molecule has 5 heteroatoms. The Balaban J connectivity index is 2.65. The Morgan fingerprint density at radius 2 is 1.89 bits per heavy atom. The van der Waals surface area contributed by atoms with E-state index in [-0.39, 0.29) is 17.5 Å². The second-order valence-electron chi connectivity index (χ2n) is 5.31. The molecule has 3 nitrogen and oxygen atoms in total. The summed E-state index contributed by atoms with van der Waals surface area (Å²) in [5.74, 6) is 0. The summed E-state index contributed by atoms with van der Waals surface area (Å²) in [5.41, 5.74) is 0.783. The van der Waals surface area contributed by atoms with Crippen molar-refractivity contribution in [2.45, 2.75) is 33.7 Å². The third-order valence-electron chi connectivity index (χ3n) is 2.83. The van der Waals surface area contributed by atoms with Gasteiger partial charge in [0.1, 0.15) is 0 Å². The molecule has 0 aliphatic rings. The molecule has 0 saturated carbocycles. The average molecular weight is 378 g/mol. The van der Waals surface area contributed by atoms with E-state index in [1.807, 2.05) is 25.1 Å². The van der Waals surface area contributed by atoms with Crippen LogP contribution in [0.1, 0.15) is 27.7 Å². The van der Waals surface area contributed by atoms with Crippen LogP contribution >= 0.6 is 31.9 Å². The van der Waals surface area contributed by atoms with E-state index in [4.69, 9.17) is 0 Å². The van der Waals surface area contributed by atoms with Gasteiger partial charge in [-0.2, -0.15) is 0 Å². The lowest BCUT2D eigenvalue weighted by molar-refractivity contribution is 0.233. The fraction of sp³-hybridized carbons (Fsp3) is 0.462. The van der Waals surface area contributed by atoms with E-state index in [2.05, 4.69) is 63.3 Å². The van der Waals surface area contributed by atoms with E-state index < -0.39 is 0 Å². The first kappa shape index (κ1) is 15.5. The van der Waals surface area contributed by atoms with Crippen molar-refractivity contribution in [1.29, 1.82) is 0 Å². The van der Waals surface area contributed by atoms with Gasteiger partial charge < -0.3 is 10.6 Å². The highest BCUT2D eigenvalue weighted by Gasteiger charge is 2.21. The normalized spacial score (nSPS) is 13.0. The molecule has 1 aromatic rings. The molecule has 1 aromatic carbocycles. The lowest BCUT2D eigenvalue weighted by Gasteiger charge is -2.28. The standard InChI is InChI=1S/C13H18Br2N2O/c1-8(13(2,3)4)16-12(18)17-11-6-5-9(14)7-10(11)15/h5-8H,1-4H3,(H2,16,17,18). The quantitative estimate of drug-likeness (QED) is 0.765. The first-order valence-electron chi connectivity index (χ1n) is 5.72. The molecule has 1 rings (SSSR count). The van der Waals surface area contributed by atoms with Gasteiger partial charge in [-0.05, 0) is 46.5 Å². The summed E-state index contributed by atoms with van der Waals surface area (Å²) < 4.78 is 1.80. The first-order chi connectivity index (χ1) is 8.20. The molecule has 100 valence electrons. The van der Waals surface area contributed by atoms with Crippen LogP contribution in [0, 0.1) is 5.41 Å². The van der Waals surface area contributed by atoms with E-state index in [1.165, 1.54) is 0 Å². The van der Waals surface area contributed by atoms with Crippen molar-refractivity contribution in [3.05, 3.63) is 27.1 Å². The molecule has 1 atom stereocenters. The van der Waals surface area contributed by atoms with E-state index in [1.54, 1.807) is 0 Å². The number of halogens is 2. The SMILES string of the molecule is CC(NC(=O)Nc1ccc(Br)cc1Br)C(C)(C)C. The number of urea groups is 1. The van der Waals surface area contributed by atoms with Crippen LogP contribution in [-0.4, -0.2) is 12.1 Å². The number of amides is 2. The number of hydrogen-bond donors (Lipinski definition) is 2. The van der Waals surface area contributed by atoms with Gasteiger partial charge in [0.05, 0.1) is 5.69 Å². The van der Waals surface area contributed by atoms with Crippen LogP contribution in [-0.2, 0) is 0 Å². The third kappa shape index (κ3) is 4.61. The van der Waals surface area contributed by atoms with Crippen molar-refractivity contribution in [3.63, 3.8) is 0 Å². The predicted octanol–water partition coefficient (Wildman–Crippen LogP) is 4.77.